The molecule has 21 heavy (non-hydrogen) atoms. The van der Waals surface area contributed by atoms with Crippen molar-refractivity contribution < 1.29 is 0 Å². The van der Waals surface area contributed by atoms with Gasteiger partial charge < -0.3 is 5.32 Å². The topological polar surface area (TPSA) is 29.9 Å². The van der Waals surface area contributed by atoms with Crippen molar-refractivity contribution in [2.24, 2.45) is 0 Å². The highest BCUT2D eigenvalue weighted by Gasteiger charge is 2.20. The second-order valence-electron chi connectivity index (χ2n) is 6.26. The minimum absolute atomic E-state index is 0.289. The van der Waals surface area contributed by atoms with Gasteiger partial charge in [-0.15, -0.1) is 0 Å². The van der Waals surface area contributed by atoms with Gasteiger partial charge in [-0.1, -0.05) is 46.2 Å². The zero-order chi connectivity index (χ0) is 16.0. The van der Waals surface area contributed by atoms with Crippen molar-refractivity contribution in [3.05, 3.63) is 16.4 Å². The Bertz CT molecular complexity index is 437. The van der Waals surface area contributed by atoms with Crippen LogP contribution in [-0.2, 0) is 19.4 Å². The van der Waals surface area contributed by atoms with Gasteiger partial charge >= 0.3 is 0 Å². The van der Waals surface area contributed by atoms with E-state index in [4.69, 9.17) is 11.6 Å². The van der Waals surface area contributed by atoms with Gasteiger partial charge in [0.15, 0.2) is 0 Å². The van der Waals surface area contributed by atoms with E-state index in [9.17, 15) is 0 Å². The van der Waals surface area contributed by atoms with Gasteiger partial charge in [0.1, 0.15) is 0 Å². The van der Waals surface area contributed by atoms with Gasteiger partial charge in [0.25, 0.3) is 0 Å². The molecule has 0 aliphatic rings. The molecule has 0 saturated heterocycles. The van der Waals surface area contributed by atoms with Crippen LogP contribution in [0.1, 0.15) is 52.9 Å². The van der Waals surface area contributed by atoms with Crippen LogP contribution in [0, 0.1) is 0 Å². The van der Waals surface area contributed by atoms with Gasteiger partial charge in [-0.2, -0.15) is 16.9 Å². The second kappa shape index (κ2) is 8.44. The Morgan fingerprint density at radius 1 is 1.29 bits per heavy atom. The Morgan fingerprint density at radius 2 is 1.95 bits per heavy atom. The Kier molecular flexibility index (Phi) is 7.58. The smallest absolute Gasteiger partial charge is 0.0850 e. The van der Waals surface area contributed by atoms with Crippen molar-refractivity contribution in [1.82, 2.24) is 15.1 Å². The van der Waals surface area contributed by atoms with Crippen LogP contribution in [-0.4, -0.2) is 32.9 Å². The maximum atomic E-state index is 6.52. The SMILES string of the molecule is CCNC(CSC(C)(C)C)Cc1c(Cl)c(CC)nn1CC. The molecule has 1 unspecified atom stereocenters. The number of nitrogens with one attached hydrogen (secondary N) is 1. The zero-order valence-electron chi connectivity index (χ0n) is 14.3. The molecule has 1 atom stereocenters. The number of halogens is 1. The summed E-state index contributed by atoms with van der Waals surface area (Å²) in [5.74, 6) is 1.09. The fraction of sp³-hybridized carbons (Fsp3) is 0.812. The van der Waals surface area contributed by atoms with Gasteiger partial charge in [0, 0.05) is 29.5 Å². The third-order valence-electron chi connectivity index (χ3n) is 3.34. The largest absolute Gasteiger partial charge is 0.313 e. The minimum Gasteiger partial charge on any atom is -0.313 e. The normalized spacial score (nSPS) is 13.7. The van der Waals surface area contributed by atoms with Crippen LogP contribution >= 0.6 is 23.4 Å². The van der Waals surface area contributed by atoms with E-state index in [0.717, 1.165) is 42.4 Å². The molecular formula is C16H30ClN3S. The molecular weight excluding hydrogens is 302 g/mol. The van der Waals surface area contributed by atoms with E-state index in [1.807, 2.05) is 11.8 Å². The molecule has 1 N–H and O–H groups in total. The maximum Gasteiger partial charge on any atom is 0.0850 e. The molecule has 1 rings (SSSR count). The lowest BCUT2D eigenvalue weighted by molar-refractivity contribution is 0.531. The Morgan fingerprint density at radius 3 is 2.43 bits per heavy atom. The molecule has 0 radical (unpaired) electrons. The maximum absolute atomic E-state index is 6.52. The first-order valence-electron chi connectivity index (χ1n) is 7.93. The van der Waals surface area contributed by atoms with Crippen LogP contribution in [0.2, 0.25) is 5.02 Å². The summed E-state index contributed by atoms with van der Waals surface area (Å²) in [7, 11) is 0. The van der Waals surface area contributed by atoms with Gasteiger partial charge in [0.05, 0.1) is 16.4 Å². The molecule has 1 aromatic heterocycles. The van der Waals surface area contributed by atoms with Gasteiger partial charge in [0.2, 0.25) is 0 Å². The molecule has 1 heterocycles. The quantitative estimate of drug-likeness (QED) is 0.775. The lowest BCUT2D eigenvalue weighted by Gasteiger charge is -2.24. The summed E-state index contributed by atoms with van der Waals surface area (Å²) < 4.78 is 2.35. The third kappa shape index (κ3) is 5.84. The van der Waals surface area contributed by atoms with E-state index in [1.54, 1.807) is 0 Å². The highest BCUT2D eigenvalue weighted by Crippen LogP contribution is 2.27. The fourth-order valence-electron chi connectivity index (χ4n) is 2.27. The molecule has 5 heteroatoms. The first-order chi connectivity index (χ1) is 9.82. The molecule has 0 bridgehead atoms. The van der Waals surface area contributed by atoms with Crippen LogP contribution in [0.4, 0.5) is 0 Å². The Balaban J connectivity index is 2.85. The summed E-state index contributed by atoms with van der Waals surface area (Å²) in [6.45, 7) is 15.0. The van der Waals surface area contributed by atoms with E-state index in [1.165, 1.54) is 5.69 Å². The molecule has 0 aliphatic carbocycles. The van der Waals surface area contributed by atoms with Crippen LogP contribution in [0.25, 0.3) is 0 Å². The molecule has 0 aromatic carbocycles. The number of aryl methyl sites for hydroxylation is 2. The van der Waals surface area contributed by atoms with Crippen LogP contribution < -0.4 is 5.32 Å². The summed E-state index contributed by atoms with van der Waals surface area (Å²) in [4.78, 5) is 0. The Hall–Kier alpha value is -0.190. The van der Waals surface area contributed by atoms with Crippen molar-refractivity contribution in [3.8, 4) is 0 Å². The molecule has 0 aliphatic heterocycles. The van der Waals surface area contributed by atoms with Crippen molar-refractivity contribution in [2.75, 3.05) is 12.3 Å². The van der Waals surface area contributed by atoms with Crippen molar-refractivity contribution in [2.45, 2.75) is 71.7 Å². The summed E-state index contributed by atoms with van der Waals surface area (Å²) in [5, 5.41) is 9.07. The number of aromatic nitrogens is 2. The fourth-order valence-corrected chi connectivity index (χ4v) is 3.56. The van der Waals surface area contributed by atoms with Crippen LogP contribution in [0.3, 0.4) is 0 Å². The van der Waals surface area contributed by atoms with Crippen LogP contribution in [0.15, 0.2) is 0 Å². The molecule has 0 amide bonds. The summed E-state index contributed by atoms with van der Waals surface area (Å²) in [5.41, 5.74) is 2.20. The zero-order valence-corrected chi connectivity index (χ0v) is 15.9. The predicted octanol–water partition coefficient (Wildman–Crippen LogP) is 4.17. The summed E-state index contributed by atoms with van der Waals surface area (Å²) in [6.07, 6.45) is 1.83. The van der Waals surface area contributed by atoms with Gasteiger partial charge in [-0.25, -0.2) is 0 Å². The average Bonchev–Trinajstić information content (AvgIpc) is 2.72. The van der Waals surface area contributed by atoms with E-state index in [-0.39, 0.29) is 4.75 Å². The lowest BCUT2D eigenvalue weighted by atomic mass is 10.1. The number of rotatable bonds is 8. The Labute approximate surface area is 139 Å². The van der Waals surface area contributed by atoms with E-state index >= 15 is 0 Å². The number of hydrogen-bond donors (Lipinski definition) is 1. The molecule has 3 nitrogen and oxygen atoms in total. The average molecular weight is 332 g/mol. The second-order valence-corrected chi connectivity index (χ2v) is 8.48. The predicted molar refractivity (Wildman–Crippen MR) is 95.7 cm³/mol. The van der Waals surface area contributed by atoms with E-state index < -0.39 is 0 Å². The van der Waals surface area contributed by atoms with Crippen molar-refractivity contribution in [1.29, 1.82) is 0 Å². The number of likely N-dealkylation sites (N-methyl/N-ethyl adjacent to an activating group) is 1. The lowest BCUT2D eigenvalue weighted by Crippen LogP contribution is -2.35. The number of hydrogen-bond acceptors (Lipinski definition) is 3. The minimum atomic E-state index is 0.289. The van der Waals surface area contributed by atoms with E-state index in [2.05, 4.69) is 56.6 Å². The van der Waals surface area contributed by atoms with Gasteiger partial charge in [-0.05, 0) is 19.9 Å². The number of thioether (sulfide) groups is 1. The standard InChI is InChI=1S/C16H30ClN3S/c1-7-13-15(17)14(20(9-3)19-13)10-12(18-8-2)11-21-16(4,5)6/h12,18H,7-11H2,1-6H3. The highest BCUT2D eigenvalue weighted by molar-refractivity contribution is 8.00. The highest BCUT2D eigenvalue weighted by atomic mass is 35.5. The summed E-state index contributed by atoms with van der Waals surface area (Å²) >= 11 is 8.52. The first-order valence-corrected chi connectivity index (χ1v) is 9.30. The molecule has 122 valence electrons. The number of nitrogens with zero attached hydrogens (tertiary/aromatic N) is 2. The van der Waals surface area contributed by atoms with Gasteiger partial charge in [-0.3, -0.25) is 4.68 Å². The van der Waals surface area contributed by atoms with Crippen LogP contribution in [0.5, 0.6) is 0 Å². The van der Waals surface area contributed by atoms with Crippen molar-refractivity contribution in [3.63, 3.8) is 0 Å². The first kappa shape index (κ1) is 18.9. The molecule has 0 saturated carbocycles. The molecule has 0 fully saturated rings. The van der Waals surface area contributed by atoms with E-state index in [0.29, 0.717) is 6.04 Å². The molecule has 0 spiro atoms. The van der Waals surface area contributed by atoms with Crippen molar-refractivity contribution >= 4 is 23.4 Å². The summed E-state index contributed by atoms with van der Waals surface area (Å²) in [6, 6.07) is 0.434. The monoisotopic (exact) mass is 331 g/mol. The molecule has 1 aromatic rings. The third-order valence-corrected chi connectivity index (χ3v) is 5.22.